The molecule has 5 rings (SSSR count). The zero-order valence-corrected chi connectivity index (χ0v) is 27.3. The van der Waals surface area contributed by atoms with E-state index < -0.39 is 5.60 Å². The summed E-state index contributed by atoms with van der Waals surface area (Å²) in [5.74, 6) is 0. The van der Waals surface area contributed by atoms with E-state index in [9.17, 15) is 0 Å². The van der Waals surface area contributed by atoms with E-state index in [4.69, 9.17) is 47.4 Å². The second-order valence-electron chi connectivity index (χ2n) is 11.6. The van der Waals surface area contributed by atoms with E-state index in [2.05, 4.69) is 48.6 Å². The number of rotatable bonds is 0. The van der Waals surface area contributed by atoms with Gasteiger partial charge in [-0.3, -0.25) is 0 Å². The van der Waals surface area contributed by atoms with Crippen LogP contribution in [0.1, 0.15) is 19.3 Å². The minimum Gasteiger partial charge on any atom is -0.379 e. The largest absolute Gasteiger partial charge is 0.379 e. The van der Waals surface area contributed by atoms with E-state index >= 15 is 0 Å². The lowest BCUT2D eigenvalue weighted by atomic mass is 9.61. The summed E-state index contributed by atoms with van der Waals surface area (Å²) < 4.78 is 57.8. The highest BCUT2D eigenvalue weighted by atomic mass is 16.6. The van der Waals surface area contributed by atoms with Crippen LogP contribution in [0.3, 0.4) is 0 Å². The Balaban J connectivity index is 1.08. The topological polar surface area (TPSA) is 92.3 Å². The van der Waals surface area contributed by atoms with Crippen molar-refractivity contribution in [1.82, 2.24) is 0 Å². The molecule has 5 aliphatic rings. The lowest BCUT2D eigenvalue weighted by Gasteiger charge is -2.48. The van der Waals surface area contributed by atoms with Gasteiger partial charge in [0.2, 0.25) is 0 Å². The van der Waals surface area contributed by atoms with Gasteiger partial charge in [0.05, 0.1) is 124 Å². The van der Waals surface area contributed by atoms with E-state index in [1.165, 1.54) is 22.3 Å². The lowest BCUT2D eigenvalue weighted by molar-refractivity contribution is -0.0712. The van der Waals surface area contributed by atoms with Crippen LogP contribution < -0.4 is 0 Å². The molecule has 46 heavy (non-hydrogen) atoms. The van der Waals surface area contributed by atoms with Crippen LogP contribution in [-0.2, 0) is 47.4 Å². The lowest BCUT2D eigenvalue weighted by Crippen LogP contribution is -2.51. The quantitative estimate of drug-likeness (QED) is 0.386. The molecule has 0 aromatic rings. The Kier molecular flexibility index (Phi) is 15.2. The zero-order valence-electron chi connectivity index (χ0n) is 27.3. The summed E-state index contributed by atoms with van der Waals surface area (Å²) in [6, 6.07) is 0. The van der Waals surface area contributed by atoms with Crippen LogP contribution >= 0.6 is 0 Å². The minimum atomic E-state index is -0.529. The van der Waals surface area contributed by atoms with Crippen LogP contribution in [0.15, 0.2) is 70.9 Å². The maximum Gasteiger partial charge on any atom is 0.132 e. The molecule has 0 aromatic carbocycles. The predicted octanol–water partition coefficient (Wildman–Crippen LogP) is 3.93. The standard InChI is InChI=1S/C36H52O10/c1-2-12-37-13-14-38-15-16-39-17-18-40-19-20-41-21-22-42-23-24-43-25-26-44-27-28-45-29-30-46-36(33-7-8-34(36)10-9-33)35(11-1)31-3-4-32(35)6-5-31/h3-10H,1-2,11-30H2. The van der Waals surface area contributed by atoms with Gasteiger partial charge in [0.1, 0.15) is 5.60 Å². The smallest absolute Gasteiger partial charge is 0.132 e. The van der Waals surface area contributed by atoms with Crippen molar-refractivity contribution < 1.29 is 47.4 Å². The molecule has 1 aliphatic heterocycles. The van der Waals surface area contributed by atoms with Crippen LogP contribution in [0.5, 0.6) is 0 Å². The van der Waals surface area contributed by atoms with Crippen LogP contribution in [0, 0.1) is 5.41 Å². The maximum atomic E-state index is 6.93. The normalized spacial score (nSPS) is 26.8. The van der Waals surface area contributed by atoms with Gasteiger partial charge in [-0.15, -0.1) is 0 Å². The average molecular weight is 645 g/mol. The molecule has 10 nitrogen and oxygen atoms in total. The van der Waals surface area contributed by atoms with Gasteiger partial charge in [-0.25, -0.2) is 0 Å². The van der Waals surface area contributed by atoms with E-state index in [1.807, 2.05) is 0 Å². The Labute approximate surface area is 273 Å². The van der Waals surface area contributed by atoms with Crippen molar-refractivity contribution in [3.05, 3.63) is 70.9 Å². The summed E-state index contributed by atoms with van der Waals surface area (Å²) in [5.41, 5.74) is 4.33. The molecule has 0 aromatic heterocycles. The molecule has 0 atom stereocenters. The van der Waals surface area contributed by atoms with Gasteiger partial charge in [0.25, 0.3) is 0 Å². The molecule has 0 N–H and O–H groups in total. The molecule has 2 spiro atoms. The summed E-state index contributed by atoms with van der Waals surface area (Å²) in [5, 5.41) is 0. The van der Waals surface area contributed by atoms with E-state index in [0.717, 1.165) is 19.3 Å². The third-order valence-corrected chi connectivity index (χ3v) is 8.78. The minimum absolute atomic E-state index is 0.238. The summed E-state index contributed by atoms with van der Waals surface area (Å²) in [7, 11) is 0. The molecule has 0 radical (unpaired) electrons. The summed E-state index contributed by atoms with van der Waals surface area (Å²) in [6.45, 7) is 10.2. The fourth-order valence-electron chi connectivity index (χ4n) is 6.68. The Bertz CT molecular complexity index is 974. The van der Waals surface area contributed by atoms with Crippen molar-refractivity contribution >= 4 is 0 Å². The first-order valence-electron chi connectivity index (χ1n) is 16.9. The maximum absolute atomic E-state index is 6.93. The molecule has 10 heteroatoms. The number of allylic oxidation sites excluding steroid dienone is 6. The Morgan fingerprint density at radius 1 is 0.326 bits per heavy atom. The van der Waals surface area contributed by atoms with E-state index in [0.29, 0.717) is 126 Å². The van der Waals surface area contributed by atoms with Gasteiger partial charge in [0.15, 0.2) is 0 Å². The second-order valence-corrected chi connectivity index (χ2v) is 11.6. The van der Waals surface area contributed by atoms with Crippen LogP contribution in [0.25, 0.3) is 0 Å². The van der Waals surface area contributed by atoms with Crippen molar-refractivity contribution in [3.63, 3.8) is 0 Å². The predicted molar refractivity (Wildman–Crippen MR) is 173 cm³/mol. The van der Waals surface area contributed by atoms with Crippen LogP contribution in [-0.4, -0.2) is 131 Å². The number of hydrogen-bond donors (Lipinski definition) is 0. The zero-order chi connectivity index (χ0) is 31.6. The van der Waals surface area contributed by atoms with Gasteiger partial charge in [-0.1, -0.05) is 48.6 Å². The fraction of sp³-hybridized carbons (Fsp3) is 0.667. The summed E-state index contributed by atoms with van der Waals surface area (Å²) in [4.78, 5) is 0. The van der Waals surface area contributed by atoms with Gasteiger partial charge in [-0.2, -0.15) is 0 Å². The monoisotopic (exact) mass is 644 g/mol. The Hall–Kier alpha value is -1.96. The third-order valence-electron chi connectivity index (χ3n) is 8.78. The third kappa shape index (κ3) is 9.14. The molecule has 4 aliphatic carbocycles. The summed E-state index contributed by atoms with van der Waals surface area (Å²) in [6.07, 6.45) is 20.9. The second kappa shape index (κ2) is 19.8. The van der Waals surface area contributed by atoms with Crippen molar-refractivity contribution in [1.29, 1.82) is 0 Å². The first-order valence-corrected chi connectivity index (χ1v) is 16.9. The Morgan fingerprint density at radius 3 is 0.978 bits per heavy atom. The molecule has 1 heterocycles. The number of hydrogen-bond acceptors (Lipinski definition) is 10. The SMILES string of the molecule is C1=CC2=CC=C1C21CCCCOCCOCCOCCOCCOCCOCCOCCOCCOCCOC12C1=CC=C2C=C1. The van der Waals surface area contributed by atoms with Crippen molar-refractivity contribution in [2.45, 2.75) is 24.9 Å². The number of ether oxygens (including phenoxy) is 10. The molecule has 0 saturated carbocycles. The molecular formula is C36H52O10. The van der Waals surface area contributed by atoms with Crippen molar-refractivity contribution in [2.24, 2.45) is 5.41 Å². The van der Waals surface area contributed by atoms with E-state index in [1.54, 1.807) is 0 Å². The molecule has 1 saturated heterocycles. The highest BCUT2D eigenvalue weighted by Gasteiger charge is 2.63. The van der Waals surface area contributed by atoms with Gasteiger partial charge in [-0.05, 0) is 41.6 Å². The molecule has 1 fully saturated rings. The first kappa shape index (κ1) is 35.3. The van der Waals surface area contributed by atoms with Crippen LogP contribution in [0.4, 0.5) is 0 Å². The van der Waals surface area contributed by atoms with E-state index in [-0.39, 0.29) is 5.41 Å². The molecule has 256 valence electrons. The molecule has 4 bridgehead atoms. The van der Waals surface area contributed by atoms with Crippen LogP contribution in [0.2, 0.25) is 0 Å². The molecule has 0 unspecified atom stereocenters. The van der Waals surface area contributed by atoms with Crippen molar-refractivity contribution in [3.8, 4) is 0 Å². The highest BCUT2D eigenvalue weighted by Crippen LogP contribution is 2.65. The Morgan fingerprint density at radius 2 is 0.630 bits per heavy atom. The average Bonchev–Trinajstić information content (AvgIpc) is 3.82. The fourth-order valence-corrected chi connectivity index (χ4v) is 6.68. The van der Waals surface area contributed by atoms with Crippen molar-refractivity contribution in [2.75, 3.05) is 126 Å². The van der Waals surface area contributed by atoms with Gasteiger partial charge < -0.3 is 47.4 Å². The molecule has 0 amide bonds. The highest BCUT2D eigenvalue weighted by molar-refractivity contribution is 5.72. The first-order chi connectivity index (χ1) is 22.9. The van der Waals surface area contributed by atoms with Gasteiger partial charge in [0, 0.05) is 6.61 Å². The molecular weight excluding hydrogens is 592 g/mol. The summed E-state index contributed by atoms with van der Waals surface area (Å²) >= 11 is 0. The van der Waals surface area contributed by atoms with Gasteiger partial charge >= 0.3 is 0 Å².